The van der Waals surface area contributed by atoms with Crippen molar-refractivity contribution in [2.45, 2.75) is 33.6 Å². The second kappa shape index (κ2) is 9.28. The van der Waals surface area contributed by atoms with E-state index in [0.29, 0.717) is 5.92 Å². The molecule has 3 aromatic rings. The Hall–Kier alpha value is -3.27. The number of rotatable bonds is 7. The van der Waals surface area contributed by atoms with E-state index >= 15 is 0 Å². The van der Waals surface area contributed by atoms with Crippen LogP contribution in [0.1, 0.15) is 36.5 Å². The lowest BCUT2D eigenvalue weighted by Crippen LogP contribution is -2.21. The summed E-state index contributed by atoms with van der Waals surface area (Å²) < 4.78 is 5.85. The number of aryl methyl sites for hydroxylation is 2. The van der Waals surface area contributed by atoms with Gasteiger partial charge in [-0.2, -0.15) is 0 Å². The van der Waals surface area contributed by atoms with Gasteiger partial charge in [-0.3, -0.25) is 4.79 Å². The zero-order valence-corrected chi connectivity index (χ0v) is 17.5. The van der Waals surface area contributed by atoms with E-state index in [1.807, 2.05) is 61.5 Å². The van der Waals surface area contributed by atoms with Crippen molar-refractivity contribution in [3.63, 3.8) is 0 Å². The van der Waals surface area contributed by atoms with Crippen LogP contribution in [0.15, 0.2) is 66.7 Å². The smallest absolute Gasteiger partial charge is 0.262 e. The predicted octanol–water partition coefficient (Wildman–Crippen LogP) is 6.19. The minimum Gasteiger partial charge on any atom is -0.483 e. The summed E-state index contributed by atoms with van der Waals surface area (Å²) in [4.78, 5) is 12.5. The van der Waals surface area contributed by atoms with Crippen molar-refractivity contribution in [1.29, 1.82) is 0 Å². The third-order valence-electron chi connectivity index (χ3n) is 4.68. The number of amides is 1. The molecule has 0 aliphatic heterocycles. The molecule has 3 aromatic carbocycles. The number of carbonyl (C=O) groups is 1. The number of anilines is 3. The molecule has 4 nitrogen and oxygen atoms in total. The van der Waals surface area contributed by atoms with Crippen molar-refractivity contribution in [2.75, 3.05) is 17.2 Å². The molecule has 0 aliphatic carbocycles. The average molecular weight is 389 g/mol. The summed E-state index contributed by atoms with van der Waals surface area (Å²) in [7, 11) is 0. The molecule has 0 saturated heterocycles. The van der Waals surface area contributed by atoms with Crippen LogP contribution in [0.5, 0.6) is 5.75 Å². The molecule has 0 spiro atoms. The van der Waals surface area contributed by atoms with Gasteiger partial charge in [0.15, 0.2) is 6.61 Å². The Morgan fingerprint density at radius 2 is 1.55 bits per heavy atom. The van der Waals surface area contributed by atoms with E-state index in [2.05, 4.69) is 43.5 Å². The fraction of sp³-hybridized carbons (Fsp3) is 0.240. The Kier molecular flexibility index (Phi) is 6.55. The molecule has 3 rings (SSSR count). The number of carbonyl (C=O) groups excluding carboxylic acids is 1. The van der Waals surface area contributed by atoms with Gasteiger partial charge in [0.25, 0.3) is 5.91 Å². The quantitative estimate of drug-likeness (QED) is 0.507. The van der Waals surface area contributed by atoms with Gasteiger partial charge < -0.3 is 15.4 Å². The van der Waals surface area contributed by atoms with Crippen LogP contribution < -0.4 is 15.4 Å². The minimum absolute atomic E-state index is 0.0396. The maximum Gasteiger partial charge on any atom is 0.262 e. The van der Waals surface area contributed by atoms with E-state index in [1.165, 1.54) is 5.56 Å². The predicted molar refractivity (Wildman–Crippen MR) is 120 cm³/mol. The SMILES string of the molecule is Cc1ccc(Nc2ccccc2NC(=O)COc2cc(C)ccc2C(C)C)cc1. The monoisotopic (exact) mass is 388 g/mol. The van der Waals surface area contributed by atoms with Crippen LogP contribution in [0, 0.1) is 13.8 Å². The Labute approximate surface area is 172 Å². The molecule has 0 atom stereocenters. The highest BCUT2D eigenvalue weighted by Gasteiger charge is 2.12. The third kappa shape index (κ3) is 5.61. The molecule has 4 heteroatoms. The molecule has 0 heterocycles. The number of ether oxygens (including phenoxy) is 1. The van der Waals surface area contributed by atoms with E-state index in [9.17, 15) is 4.79 Å². The maximum absolute atomic E-state index is 12.5. The maximum atomic E-state index is 12.5. The molecule has 1 amide bonds. The van der Waals surface area contributed by atoms with Crippen LogP contribution in [0.25, 0.3) is 0 Å². The first kappa shape index (κ1) is 20.5. The van der Waals surface area contributed by atoms with E-state index < -0.39 is 0 Å². The number of para-hydroxylation sites is 2. The topological polar surface area (TPSA) is 50.4 Å². The lowest BCUT2D eigenvalue weighted by molar-refractivity contribution is -0.118. The number of hydrogen-bond donors (Lipinski definition) is 2. The highest BCUT2D eigenvalue weighted by atomic mass is 16.5. The number of nitrogens with one attached hydrogen (secondary N) is 2. The summed E-state index contributed by atoms with van der Waals surface area (Å²) in [6.45, 7) is 8.26. The van der Waals surface area contributed by atoms with Crippen molar-refractivity contribution >= 4 is 23.0 Å². The van der Waals surface area contributed by atoms with E-state index in [4.69, 9.17) is 4.74 Å². The largest absolute Gasteiger partial charge is 0.483 e. The van der Waals surface area contributed by atoms with Gasteiger partial charge in [0.1, 0.15) is 5.75 Å². The van der Waals surface area contributed by atoms with Gasteiger partial charge in [0.05, 0.1) is 11.4 Å². The second-order valence-electron chi connectivity index (χ2n) is 7.57. The lowest BCUT2D eigenvalue weighted by atomic mass is 10.0. The van der Waals surface area contributed by atoms with E-state index in [-0.39, 0.29) is 12.5 Å². The van der Waals surface area contributed by atoms with Crippen LogP contribution in [-0.2, 0) is 4.79 Å². The number of benzene rings is 3. The summed E-state index contributed by atoms with van der Waals surface area (Å²) in [5.74, 6) is 0.897. The summed E-state index contributed by atoms with van der Waals surface area (Å²) in [6, 6.07) is 21.9. The summed E-state index contributed by atoms with van der Waals surface area (Å²) in [5, 5.41) is 6.30. The van der Waals surface area contributed by atoms with Gasteiger partial charge in [-0.25, -0.2) is 0 Å². The molecule has 29 heavy (non-hydrogen) atoms. The van der Waals surface area contributed by atoms with Crippen molar-refractivity contribution in [3.05, 3.63) is 83.4 Å². The van der Waals surface area contributed by atoms with Crippen molar-refractivity contribution in [2.24, 2.45) is 0 Å². The fourth-order valence-corrected chi connectivity index (χ4v) is 3.07. The average Bonchev–Trinajstić information content (AvgIpc) is 2.69. The summed E-state index contributed by atoms with van der Waals surface area (Å²) in [5.41, 5.74) is 5.93. The zero-order chi connectivity index (χ0) is 20.8. The standard InChI is InChI=1S/C25H28N2O2/c1-17(2)21-14-11-19(4)15-24(21)29-16-25(28)27-23-8-6-5-7-22(23)26-20-12-9-18(3)10-13-20/h5-15,17,26H,16H2,1-4H3,(H,27,28). The first-order chi connectivity index (χ1) is 13.9. The van der Waals surface area contributed by atoms with Crippen molar-refractivity contribution in [1.82, 2.24) is 0 Å². The van der Waals surface area contributed by atoms with Crippen LogP contribution >= 0.6 is 0 Å². The van der Waals surface area contributed by atoms with E-state index in [1.54, 1.807) is 0 Å². The Balaban J connectivity index is 1.67. The molecule has 0 saturated carbocycles. The normalized spacial score (nSPS) is 10.7. The summed E-state index contributed by atoms with van der Waals surface area (Å²) >= 11 is 0. The van der Waals surface area contributed by atoms with Crippen molar-refractivity contribution in [3.8, 4) is 5.75 Å². The molecule has 0 radical (unpaired) electrons. The highest BCUT2D eigenvalue weighted by Crippen LogP contribution is 2.28. The Bertz CT molecular complexity index is 978. The van der Waals surface area contributed by atoms with Crippen LogP contribution in [-0.4, -0.2) is 12.5 Å². The molecule has 150 valence electrons. The van der Waals surface area contributed by atoms with Gasteiger partial charge in [0.2, 0.25) is 0 Å². The van der Waals surface area contributed by atoms with E-state index in [0.717, 1.165) is 33.9 Å². The van der Waals surface area contributed by atoms with Gasteiger partial charge in [-0.05, 0) is 61.2 Å². The molecule has 0 unspecified atom stereocenters. The number of hydrogen-bond acceptors (Lipinski definition) is 3. The third-order valence-corrected chi connectivity index (χ3v) is 4.68. The van der Waals surface area contributed by atoms with Gasteiger partial charge in [-0.1, -0.05) is 55.8 Å². The molecule has 0 aliphatic rings. The Morgan fingerprint density at radius 3 is 2.24 bits per heavy atom. The molecular formula is C25H28N2O2. The zero-order valence-electron chi connectivity index (χ0n) is 17.5. The van der Waals surface area contributed by atoms with Gasteiger partial charge in [0, 0.05) is 5.69 Å². The first-order valence-electron chi connectivity index (χ1n) is 9.88. The molecule has 2 N–H and O–H groups in total. The minimum atomic E-state index is -0.195. The van der Waals surface area contributed by atoms with Crippen LogP contribution in [0.2, 0.25) is 0 Å². The second-order valence-corrected chi connectivity index (χ2v) is 7.57. The molecule has 0 aromatic heterocycles. The summed E-state index contributed by atoms with van der Waals surface area (Å²) in [6.07, 6.45) is 0. The van der Waals surface area contributed by atoms with Crippen molar-refractivity contribution < 1.29 is 9.53 Å². The molecule has 0 fully saturated rings. The van der Waals surface area contributed by atoms with Crippen LogP contribution in [0.3, 0.4) is 0 Å². The first-order valence-corrected chi connectivity index (χ1v) is 9.88. The Morgan fingerprint density at radius 1 is 0.897 bits per heavy atom. The lowest BCUT2D eigenvalue weighted by Gasteiger charge is -2.16. The van der Waals surface area contributed by atoms with Crippen LogP contribution in [0.4, 0.5) is 17.1 Å². The van der Waals surface area contributed by atoms with Gasteiger partial charge in [-0.15, -0.1) is 0 Å². The molecular weight excluding hydrogens is 360 g/mol. The fourth-order valence-electron chi connectivity index (χ4n) is 3.07. The molecule has 0 bridgehead atoms. The highest BCUT2D eigenvalue weighted by molar-refractivity contribution is 5.95. The van der Waals surface area contributed by atoms with Gasteiger partial charge >= 0.3 is 0 Å².